The summed E-state index contributed by atoms with van der Waals surface area (Å²) in [5.41, 5.74) is 1.72. The number of nitrogens with one attached hydrogen (secondary N) is 1. The maximum absolute atomic E-state index is 11.7. The van der Waals surface area contributed by atoms with Crippen LogP contribution in [0.1, 0.15) is 18.9 Å². The summed E-state index contributed by atoms with van der Waals surface area (Å²) in [5, 5.41) is 6.48. The molecule has 1 aromatic carbocycles. The number of hydrogen-bond donors (Lipinski definition) is 1. The molecule has 1 aliphatic heterocycles. The maximum atomic E-state index is 11.7. The smallest absolute Gasteiger partial charge is 0.285 e. The van der Waals surface area contributed by atoms with E-state index in [4.69, 9.17) is 11.6 Å². The molecule has 2 aromatic rings. The minimum absolute atomic E-state index is 0.226. The monoisotopic (exact) mass is 332 g/mol. The fraction of sp³-hybridized carbons (Fsp3) is 0.412. The second-order valence-corrected chi connectivity index (χ2v) is 6.36. The van der Waals surface area contributed by atoms with E-state index < -0.39 is 0 Å². The SMILES string of the molecule is CC1CCN(c2cn[nH]c(=O)c2Cl)CCN1Cc1ccccc1. The van der Waals surface area contributed by atoms with Crippen LogP contribution in [0.5, 0.6) is 0 Å². The van der Waals surface area contributed by atoms with Crippen molar-refractivity contribution in [3.63, 3.8) is 0 Å². The second-order valence-electron chi connectivity index (χ2n) is 5.98. The average molecular weight is 333 g/mol. The van der Waals surface area contributed by atoms with Gasteiger partial charge in [-0.05, 0) is 18.9 Å². The molecule has 0 bridgehead atoms. The number of halogens is 1. The molecule has 0 radical (unpaired) electrons. The van der Waals surface area contributed by atoms with E-state index in [9.17, 15) is 4.79 Å². The lowest BCUT2D eigenvalue weighted by Crippen LogP contribution is -2.34. The molecule has 2 heterocycles. The first-order valence-electron chi connectivity index (χ1n) is 7.91. The molecule has 1 aliphatic rings. The first-order valence-corrected chi connectivity index (χ1v) is 8.29. The van der Waals surface area contributed by atoms with Crippen LogP contribution in [0.4, 0.5) is 5.69 Å². The number of nitrogens with zero attached hydrogens (tertiary/aromatic N) is 3. The van der Waals surface area contributed by atoms with Crippen LogP contribution in [0.3, 0.4) is 0 Å². The first kappa shape index (κ1) is 16.0. The third-order valence-corrected chi connectivity index (χ3v) is 4.81. The third-order valence-electron chi connectivity index (χ3n) is 4.44. The van der Waals surface area contributed by atoms with Gasteiger partial charge in [-0.1, -0.05) is 41.9 Å². The van der Waals surface area contributed by atoms with E-state index >= 15 is 0 Å². The lowest BCUT2D eigenvalue weighted by atomic mass is 10.1. The van der Waals surface area contributed by atoms with Crippen molar-refractivity contribution in [2.45, 2.75) is 25.9 Å². The van der Waals surface area contributed by atoms with Gasteiger partial charge in [0.25, 0.3) is 5.56 Å². The zero-order valence-electron chi connectivity index (χ0n) is 13.2. The van der Waals surface area contributed by atoms with Crippen LogP contribution in [0, 0.1) is 0 Å². The number of hydrogen-bond acceptors (Lipinski definition) is 4. The van der Waals surface area contributed by atoms with Crippen LogP contribution < -0.4 is 10.5 Å². The Bertz CT molecular complexity index is 703. The minimum Gasteiger partial charge on any atom is -0.368 e. The van der Waals surface area contributed by atoms with E-state index in [0.29, 0.717) is 6.04 Å². The molecule has 1 aromatic heterocycles. The van der Waals surface area contributed by atoms with Crippen molar-refractivity contribution < 1.29 is 0 Å². The standard InChI is InChI=1S/C17H21ClN4O/c1-13-7-8-21(15-11-19-20-17(23)16(15)18)9-10-22(13)12-14-5-3-2-4-6-14/h2-6,11,13H,7-10,12H2,1H3,(H,20,23). The largest absolute Gasteiger partial charge is 0.368 e. The molecule has 5 nitrogen and oxygen atoms in total. The van der Waals surface area contributed by atoms with Gasteiger partial charge in [-0.15, -0.1) is 0 Å². The van der Waals surface area contributed by atoms with Crippen LogP contribution in [0.15, 0.2) is 41.3 Å². The molecule has 0 spiro atoms. The summed E-state index contributed by atoms with van der Waals surface area (Å²) in [5.74, 6) is 0. The maximum Gasteiger partial charge on any atom is 0.285 e. The Morgan fingerprint density at radius 2 is 2.04 bits per heavy atom. The Kier molecular flexibility index (Phi) is 4.98. The summed E-state index contributed by atoms with van der Waals surface area (Å²) >= 11 is 6.14. The Balaban J connectivity index is 1.73. The fourth-order valence-electron chi connectivity index (χ4n) is 2.99. The lowest BCUT2D eigenvalue weighted by molar-refractivity contribution is 0.212. The van der Waals surface area contributed by atoms with Gasteiger partial charge < -0.3 is 4.90 Å². The Morgan fingerprint density at radius 1 is 1.26 bits per heavy atom. The zero-order valence-corrected chi connectivity index (χ0v) is 14.0. The normalized spacial score (nSPS) is 19.6. The highest BCUT2D eigenvalue weighted by Crippen LogP contribution is 2.23. The Morgan fingerprint density at radius 3 is 2.83 bits per heavy atom. The number of rotatable bonds is 3. The van der Waals surface area contributed by atoms with Crippen molar-refractivity contribution in [2.75, 3.05) is 24.5 Å². The van der Waals surface area contributed by atoms with Crippen molar-refractivity contribution in [1.29, 1.82) is 0 Å². The van der Waals surface area contributed by atoms with Crippen LogP contribution in [-0.4, -0.2) is 40.8 Å². The average Bonchev–Trinajstić information content (AvgIpc) is 2.74. The molecule has 1 N–H and O–H groups in total. The van der Waals surface area contributed by atoms with E-state index in [2.05, 4.69) is 51.2 Å². The molecule has 0 aliphatic carbocycles. The van der Waals surface area contributed by atoms with Gasteiger partial charge in [-0.3, -0.25) is 9.69 Å². The van der Waals surface area contributed by atoms with Crippen molar-refractivity contribution in [1.82, 2.24) is 15.1 Å². The van der Waals surface area contributed by atoms with E-state index in [-0.39, 0.29) is 10.6 Å². The molecule has 0 saturated carbocycles. The van der Waals surface area contributed by atoms with Crippen molar-refractivity contribution in [3.8, 4) is 0 Å². The van der Waals surface area contributed by atoms with Crippen molar-refractivity contribution in [2.24, 2.45) is 0 Å². The highest BCUT2D eigenvalue weighted by atomic mass is 35.5. The lowest BCUT2D eigenvalue weighted by Gasteiger charge is -2.26. The van der Waals surface area contributed by atoms with Gasteiger partial charge in [0.05, 0.1) is 11.9 Å². The van der Waals surface area contributed by atoms with E-state index in [1.165, 1.54) is 5.56 Å². The van der Waals surface area contributed by atoms with Gasteiger partial charge >= 0.3 is 0 Å². The topological polar surface area (TPSA) is 52.2 Å². The molecular formula is C17H21ClN4O. The van der Waals surface area contributed by atoms with Gasteiger partial charge in [0.15, 0.2) is 0 Å². The van der Waals surface area contributed by atoms with Crippen molar-refractivity contribution in [3.05, 3.63) is 57.5 Å². The predicted molar refractivity (Wildman–Crippen MR) is 93.0 cm³/mol. The number of aromatic amines is 1. The number of benzene rings is 1. The molecule has 1 fully saturated rings. The number of aromatic nitrogens is 2. The first-order chi connectivity index (χ1) is 11.1. The molecular weight excluding hydrogens is 312 g/mol. The molecule has 23 heavy (non-hydrogen) atoms. The van der Waals surface area contributed by atoms with Gasteiger partial charge in [-0.25, -0.2) is 5.10 Å². The quantitative estimate of drug-likeness (QED) is 0.938. The summed E-state index contributed by atoms with van der Waals surface area (Å²) in [6.45, 7) is 5.83. The molecule has 6 heteroatoms. The second kappa shape index (κ2) is 7.15. The van der Waals surface area contributed by atoms with Gasteiger partial charge in [-0.2, -0.15) is 5.10 Å². The summed E-state index contributed by atoms with van der Waals surface area (Å²) in [4.78, 5) is 16.3. The van der Waals surface area contributed by atoms with Gasteiger partial charge in [0.1, 0.15) is 5.02 Å². The minimum atomic E-state index is -0.331. The molecule has 3 rings (SSSR count). The molecule has 0 amide bonds. The number of H-pyrrole nitrogens is 1. The molecule has 1 saturated heterocycles. The molecule has 1 unspecified atom stereocenters. The van der Waals surface area contributed by atoms with Gasteiger partial charge in [0, 0.05) is 32.2 Å². The zero-order chi connectivity index (χ0) is 16.2. The predicted octanol–water partition coefficient (Wildman–Crippen LogP) is 2.52. The van der Waals surface area contributed by atoms with E-state index in [1.54, 1.807) is 6.20 Å². The van der Waals surface area contributed by atoms with Crippen molar-refractivity contribution >= 4 is 17.3 Å². The van der Waals surface area contributed by atoms with Gasteiger partial charge in [0.2, 0.25) is 0 Å². The van der Waals surface area contributed by atoms with Crippen LogP contribution in [0.25, 0.3) is 0 Å². The summed E-state index contributed by atoms with van der Waals surface area (Å²) in [7, 11) is 0. The summed E-state index contributed by atoms with van der Waals surface area (Å²) < 4.78 is 0. The van der Waals surface area contributed by atoms with Crippen LogP contribution in [-0.2, 0) is 6.54 Å². The third kappa shape index (κ3) is 3.74. The Labute approximate surface area is 140 Å². The van der Waals surface area contributed by atoms with E-state index in [0.717, 1.165) is 38.3 Å². The highest BCUT2D eigenvalue weighted by Gasteiger charge is 2.23. The number of anilines is 1. The Hall–Kier alpha value is -1.85. The summed E-state index contributed by atoms with van der Waals surface area (Å²) in [6.07, 6.45) is 2.66. The van der Waals surface area contributed by atoms with E-state index in [1.807, 2.05) is 6.07 Å². The molecule has 122 valence electrons. The summed E-state index contributed by atoms with van der Waals surface area (Å²) in [6, 6.07) is 11.0. The fourth-order valence-corrected chi connectivity index (χ4v) is 3.21. The highest BCUT2D eigenvalue weighted by molar-refractivity contribution is 6.32. The molecule has 1 atom stereocenters. The van der Waals surface area contributed by atoms with Crippen LogP contribution in [0.2, 0.25) is 5.02 Å². The van der Waals surface area contributed by atoms with Crippen LogP contribution >= 0.6 is 11.6 Å².